The van der Waals surface area contributed by atoms with Gasteiger partial charge in [-0.25, -0.2) is 4.98 Å². The smallest absolute Gasteiger partial charge is 0.267 e. The maximum absolute atomic E-state index is 13.2. The van der Waals surface area contributed by atoms with Crippen LogP contribution in [0.4, 0.5) is 0 Å². The molecule has 1 amide bonds. The van der Waals surface area contributed by atoms with Gasteiger partial charge in [0.05, 0.1) is 16.8 Å². The standard InChI is InChI=1S/C17H15N3O2S2/c18-13(21)9-23-17-19-15-14(11-7-4-8-12(11)24-15)16(22)20(17)10-5-2-1-3-6-10/h1-3,5-6H,4,7-9H2,(H2,18,21). The summed E-state index contributed by atoms with van der Waals surface area (Å²) in [7, 11) is 0. The summed E-state index contributed by atoms with van der Waals surface area (Å²) in [5, 5.41) is 1.25. The van der Waals surface area contributed by atoms with Crippen LogP contribution in [0, 0.1) is 0 Å². The van der Waals surface area contributed by atoms with Crippen LogP contribution in [-0.4, -0.2) is 21.2 Å². The van der Waals surface area contributed by atoms with Crippen molar-refractivity contribution in [1.29, 1.82) is 0 Å². The minimum atomic E-state index is -0.428. The number of aromatic nitrogens is 2. The molecule has 4 rings (SSSR count). The Kier molecular flexibility index (Phi) is 3.90. The maximum Gasteiger partial charge on any atom is 0.267 e. The van der Waals surface area contributed by atoms with E-state index in [9.17, 15) is 9.59 Å². The summed E-state index contributed by atoms with van der Waals surface area (Å²) < 4.78 is 1.60. The van der Waals surface area contributed by atoms with Gasteiger partial charge in [-0.05, 0) is 37.0 Å². The third-order valence-corrected chi connectivity index (χ3v) is 6.21. The lowest BCUT2D eigenvalue weighted by molar-refractivity contribution is -0.115. The van der Waals surface area contributed by atoms with Crippen molar-refractivity contribution in [1.82, 2.24) is 9.55 Å². The van der Waals surface area contributed by atoms with Crippen molar-refractivity contribution in [3.05, 3.63) is 51.1 Å². The molecule has 1 aliphatic rings. The summed E-state index contributed by atoms with van der Waals surface area (Å²) in [5.41, 5.74) is 7.12. The van der Waals surface area contributed by atoms with E-state index >= 15 is 0 Å². The quantitative estimate of drug-likeness (QED) is 0.575. The van der Waals surface area contributed by atoms with Crippen LogP contribution in [0.25, 0.3) is 15.9 Å². The van der Waals surface area contributed by atoms with Crippen molar-refractivity contribution in [2.75, 3.05) is 5.75 Å². The zero-order valence-electron chi connectivity index (χ0n) is 12.8. The van der Waals surface area contributed by atoms with Crippen LogP contribution < -0.4 is 11.3 Å². The Morgan fingerprint density at radius 3 is 2.83 bits per heavy atom. The molecule has 5 nitrogen and oxygen atoms in total. The molecular weight excluding hydrogens is 342 g/mol. The summed E-state index contributed by atoms with van der Waals surface area (Å²) in [4.78, 5) is 31.1. The Morgan fingerprint density at radius 1 is 1.29 bits per heavy atom. The number of hydrogen-bond donors (Lipinski definition) is 1. The number of thioether (sulfide) groups is 1. The molecule has 1 aliphatic carbocycles. The van der Waals surface area contributed by atoms with Gasteiger partial charge in [0.25, 0.3) is 5.56 Å². The van der Waals surface area contributed by atoms with Gasteiger partial charge in [0.2, 0.25) is 5.91 Å². The van der Waals surface area contributed by atoms with E-state index in [1.54, 1.807) is 15.9 Å². The van der Waals surface area contributed by atoms with Gasteiger partial charge in [-0.2, -0.15) is 0 Å². The molecule has 0 atom stereocenters. The van der Waals surface area contributed by atoms with Crippen molar-refractivity contribution < 1.29 is 4.79 Å². The Morgan fingerprint density at radius 2 is 2.08 bits per heavy atom. The Labute approximate surface area is 146 Å². The number of thiophene rings is 1. The lowest BCUT2D eigenvalue weighted by atomic mass is 10.2. The molecule has 0 spiro atoms. The zero-order chi connectivity index (χ0) is 16.7. The average Bonchev–Trinajstić information content (AvgIpc) is 3.14. The minimum absolute atomic E-state index is 0.0578. The highest BCUT2D eigenvalue weighted by atomic mass is 32.2. The largest absolute Gasteiger partial charge is 0.369 e. The summed E-state index contributed by atoms with van der Waals surface area (Å²) in [6, 6.07) is 9.41. The van der Waals surface area contributed by atoms with Crippen molar-refractivity contribution in [3.63, 3.8) is 0 Å². The Balaban J connectivity index is 1.98. The number of benzene rings is 1. The molecule has 2 N–H and O–H groups in total. The van der Waals surface area contributed by atoms with Gasteiger partial charge in [0.1, 0.15) is 4.83 Å². The lowest BCUT2D eigenvalue weighted by Crippen LogP contribution is -2.23. The predicted molar refractivity (Wildman–Crippen MR) is 97.2 cm³/mol. The van der Waals surface area contributed by atoms with Crippen molar-refractivity contribution >= 4 is 39.2 Å². The highest BCUT2D eigenvalue weighted by Crippen LogP contribution is 2.36. The van der Waals surface area contributed by atoms with Crippen LogP contribution in [0.3, 0.4) is 0 Å². The Hall–Kier alpha value is -2.12. The number of carbonyl (C=O) groups excluding carboxylic acids is 1. The first-order valence-corrected chi connectivity index (χ1v) is 9.49. The van der Waals surface area contributed by atoms with E-state index in [1.165, 1.54) is 16.6 Å². The number of primary amides is 1. The van der Waals surface area contributed by atoms with Gasteiger partial charge in [0.15, 0.2) is 5.16 Å². The third-order valence-electron chi connectivity index (χ3n) is 4.07. The second-order valence-electron chi connectivity index (χ2n) is 5.66. The second-order valence-corrected chi connectivity index (χ2v) is 7.69. The molecule has 7 heteroatoms. The number of carbonyl (C=O) groups is 1. The van der Waals surface area contributed by atoms with Gasteiger partial charge in [-0.1, -0.05) is 30.0 Å². The van der Waals surface area contributed by atoms with Gasteiger partial charge in [-0.3, -0.25) is 14.2 Å². The van der Waals surface area contributed by atoms with Gasteiger partial charge < -0.3 is 5.73 Å². The van der Waals surface area contributed by atoms with Crippen molar-refractivity contribution in [2.24, 2.45) is 5.73 Å². The predicted octanol–water partition coefficient (Wildman–Crippen LogP) is 2.51. The SMILES string of the molecule is NC(=O)CSc1nc2sc3c(c2c(=O)n1-c1ccccc1)CCC3. The molecule has 0 radical (unpaired) electrons. The number of para-hydroxylation sites is 1. The number of nitrogens with zero attached hydrogens (tertiary/aromatic N) is 2. The fourth-order valence-electron chi connectivity index (χ4n) is 3.06. The molecular formula is C17H15N3O2S2. The van der Waals surface area contributed by atoms with E-state index in [0.29, 0.717) is 5.16 Å². The first-order valence-electron chi connectivity index (χ1n) is 7.69. The van der Waals surface area contributed by atoms with E-state index in [-0.39, 0.29) is 11.3 Å². The summed E-state index contributed by atoms with van der Waals surface area (Å²) in [6.07, 6.45) is 3.06. The van der Waals surface area contributed by atoms with Crippen LogP contribution in [0.15, 0.2) is 40.3 Å². The maximum atomic E-state index is 13.2. The fourth-order valence-corrected chi connectivity index (χ4v) is 5.12. The normalized spacial score (nSPS) is 13.3. The minimum Gasteiger partial charge on any atom is -0.369 e. The second kappa shape index (κ2) is 6.07. The lowest BCUT2D eigenvalue weighted by Gasteiger charge is -2.11. The number of rotatable bonds is 4. The highest BCUT2D eigenvalue weighted by Gasteiger charge is 2.23. The van der Waals surface area contributed by atoms with Crippen LogP contribution >= 0.6 is 23.1 Å². The number of amides is 1. The molecule has 2 heterocycles. The van der Waals surface area contributed by atoms with E-state index in [2.05, 4.69) is 4.98 Å². The van der Waals surface area contributed by atoms with Crippen LogP contribution in [0.5, 0.6) is 0 Å². The highest BCUT2D eigenvalue weighted by molar-refractivity contribution is 7.99. The van der Waals surface area contributed by atoms with E-state index in [4.69, 9.17) is 5.73 Å². The third kappa shape index (κ3) is 2.53. The van der Waals surface area contributed by atoms with Gasteiger partial charge in [0, 0.05) is 4.88 Å². The first-order chi connectivity index (χ1) is 11.6. The molecule has 0 saturated carbocycles. The van der Waals surface area contributed by atoms with Crippen LogP contribution in [0.1, 0.15) is 16.9 Å². The molecule has 0 bridgehead atoms. The van der Waals surface area contributed by atoms with Gasteiger partial charge in [-0.15, -0.1) is 11.3 Å². The van der Waals surface area contributed by atoms with E-state index in [0.717, 1.165) is 40.7 Å². The number of hydrogen-bond acceptors (Lipinski definition) is 5. The van der Waals surface area contributed by atoms with Crippen LogP contribution in [0.2, 0.25) is 0 Å². The molecule has 1 aromatic carbocycles. The molecule has 0 fully saturated rings. The molecule has 0 saturated heterocycles. The van der Waals surface area contributed by atoms with E-state index in [1.807, 2.05) is 30.3 Å². The zero-order valence-corrected chi connectivity index (χ0v) is 14.5. The fraction of sp³-hybridized carbons (Fsp3) is 0.235. The first kappa shape index (κ1) is 15.4. The monoisotopic (exact) mass is 357 g/mol. The summed E-state index contributed by atoms with van der Waals surface area (Å²) >= 11 is 2.80. The van der Waals surface area contributed by atoms with Gasteiger partial charge >= 0.3 is 0 Å². The molecule has 0 aliphatic heterocycles. The number of aryl methyl sites for hydroxylation is 2. The number of fused-ring (bicyclic) bond motifs is 3. The Bertz CT molecular complexity index is 992. The summed E-state index contributed by atoms with van der Waals surface area (Å²) in [5.74, 6) is -0.335. The average molecular weight is 357 g/mol. The van der Waals surface area contributed by atoms with E-state index < -0.39 is 5.91 Å². The molecule has 122 valence electrons. The molecule has 24 heavy (non-hydrogen) atoms. The van der Waals surface area contributed by atoms with Crippen molar-refractivity contribution in [2.45, 2.75) is 24.4 Å². The number of nitrogens with two attached hydrogens (primary N) is 1. The molecule has 2 aromatic heterocycles. The summed E-state index contributed by atoms with van der Waals surface area (Å²) in [6.45, 7) is 0. The van der Waals surface area contributed by atoms with Crippen LogP contribution in [-0.2, 0) is 17.6 Å². The molecule has 0 unspecified atom stereocenters. The molecule has 3 aromatic rings. The van der Waals surface area contributed by atoms with Crippen molar-refractivity contribution in [3.8, 4) is 5.69 Å². The topological polar surface area (TPSA) is 78.0 Å².